The highest BCUT2D eigenvalue weighted by molar-refractivity contribution is 5.79. The van der Waals surface area contributed by atoms with Gasteiger partial charge in [-0.1, -0.05) is 48.9 Å². The predicted molar refractivity (Wildman–Crippen MR) is 113 cm³/mol. The number of carbonyl (C=O) groups excluding carboxylic acids is 1. The van der Waals surface area contributed by atoms with Crippen molar-refractivity contribution in [2.45, 2.75) is 44.1 Å². The Morgan fingerprint density at radius 3 is 2.53 bits per heavy atom. The summed E-state index contributed by atoms with van der Waals surface area (Å²) in [5.41, 5.74) is 2.18. The highest BCUT2D eigenvalue weighted by Gasteiger charge is 2.23. The Balaban J connectivity index is 1.53. The van der Waals surface area contributed by atoms with E-state index >= 15 is 0 Å². The van der Waals surface area contributed by atoms with E-state index in [-0.39, 0.29) is 29.7 Å². The Labute approximate surface area is 174 Å². The maximum absolute atomic E-state index is 13.1. The number of H-pyrrole nitrogens is 1. The number of halogens is 1. The van der Waals surface area contributed by atoms with Gasteiger partial charge in [-0.25, -0.2) is 9.37 Å². The molecule has 30 heavy (non-hydrogen) atoms. The maximum Gasteiger partial charge on any atom is 0.251 e. The van der Waals surface area contributed by atoms with Gasteiger partial charge in [0, 0.05) is 18.4 Å². The van der Waals surface area contributed by atoms with Gasteiger partial charge in [0.25, 0.3) is 5.56 Å². The molecule has 4 rings (SSSR count). The Kier molecular flexibility index (Phi) is 6.02. The van der Waals surface area contributed by atoms with Crippen molar-refractivity contribution in [2.24, 2.45) is 0 Å². The van der Waals surface area contributed by atoms with Gasteiger partial charge < -0.3 is 10.3 Å². The quantitative estimate of drug-likeness (QED) is 0.628. The standard InChI is InChI=1S/C24H24FN3O2/c25-19-11-9-16(10-12-19)13-22(29)27-21(17-5-2-1-3-6-17)14-20-15-23(30)28-24(26-20)18-7-4-8-18/h1-3,5-6,9-12,15,18,21H,4,7-8,13-14H2,(H,27,29)(H,26,28,30). The van der Waals surface area contributed by atoms with Crippen molar-refractivity contribution in [2.75, 3.05) is 0 Å². The molecule has 1 fully saturated rings. The van der Waals surface area contributed by atoms with Gasteiger partial charge in [0.1, 0.15) is 11.6 Å². The van der Waals surface area contributed by atoms with Crippen LogP contribution in [-0.4, -0.2) is 15.9 Å². The summed E-state index contributed by atoms with van der Waals surface area (Å²) >= 11 is 0. The minimum Gasteiger partial charge on any atom is -0.349 e. The number of hydrogen-bond acceptors (Lipinski definition) is 3. The van der Waals surface area contributed by atoms with Gasteiger partial charge in [0.2, 0.25) is 5.91 Å². The lowest BCUT2D eigenvalue weighted by Crippen LogP contribution is -2.32. The molecular formula is C24H24FN3O2. The van der Waals surface area contributed by atoms with Crippen LogP contribution >= 0.6 is 0 Å². The third kappa shape index (κ3) is 5.00. The summed E-state index contributed by atoms with van der Waals surface area (Å²) < 4.78 is 13.1. The molecule has 0 bridgehead atoms. The number of aromatic nitrogens is 2. The van der Waals surface area contributed by atoms with E-state index < -0.39 is 0 Å². The van der Waals surface area contributed by atoms with Crippen molar-refractivity contribution in [1.82, 2.24) is 15.3 Å². The van der Waals surface area contributed by atoms with E-state index in [4.69, 9.17) is 0 Å². The third-order valence-electron chi connectivity index (χ3n) is 5.53. The zero-order valence-corrected chi connectivity index (χ0v) is 16.6. The van der Waals surface area contributed by atoms with Crippen LogP contribution in [0.3, 0.4) is 0 Å². The molecule has 1 atom stereocenters. The summed E-state index contributed by atoms with van der Waals surface area (Å²) in [5.74, 6) is 0.567. The topological polar surface area (TPSA) is 74.8 Å². The number of benzene rings is 2. The summed E-state index contributed by atoms with van der Waals surface area (Å²) in [6.07, 6.45) is 3.82. The Hall–Kier alpha value is -3.28. The zero-order valence-electron chi connectivity index (χ0n) is 16.6. The molecule has 0 aliphatic heterocycles. The maximum atomic E-state index is 13.1. The largest absolute Gasteiger partial charge is 0.349 e. The lowest BCUT2D eigenvalue weighted by Gasteiger charge is -2.25. The monoisotopic (exact) mass is 405 g/mol. The molecule has 1 saturated carbocycles. The second kappa shape index (κ2) is 9.03. The molecule has 1 heterocycles. The summed E-state index contributed by atoms with van der Waals surface area (Å²) in [6.45, 7) is 0. The second-order valence-corrected chi connectivity index (χ2v) is 7.79. The molecule has 154 valence electrons. The fraction of sp³-hybridized carbons (Fsp3) is 0.292. The SMILES string of the molecule is O=C(Cc1ccc(F)cc1)NC(Cc1cc(=O)[nH]c(C2CCC2)n1)c1ccccc1. The van der Waals surface area contributed by atoms with Crippen molar-refractivity contribution in [3.63, 3.8) is 0 Å². The van der Waals surface area contributed by atoms with Gasteiger partial charge in [-0.2, -0.15) is 0 Å². The molecule has 1 aromatic heterocycles. The lowest BCUT2D eigenvalue weighted by atomic mass is 9.85. The fourth-order valence-corrected chi connectivity index (χ4v) is 3.69. The molecule has 1 aliphatic carbocycles. The highest BCUT2D eigenvalue weighted by atomic mass is 19.1. The molecule has 6 heteroatoms. The number of aromatic amines is 1. The first-order chi connectivity index (χ1) is 14.6. The number of nitrogens with zero attached hydrogens (tertiary/aromatic N) is 1. The average molecular weight is 405 g/mol. The van der Waals surface area contributed by atoms with E-state index in [0.29, 0.717) is 18.0 Å². The minimum atomic E-state index is -0.330. The molecule has 2 N–H and O–H groups in total. The molecule has 1 aliphatic rings. The Morgan fingerprint density at radius 1 is 1.13 bits per heavy atom. The molecule has 5 nitrogen and oxygen atoms in total. The van der Waals surface area contributed by atoms with Gasteiger partial charge in [-0.3, -0.25) is 9.59 Å². The number of amides is 1. The van der Waals surface area contributed by atoms with E-state index in [1.54, 1.807) is 12.1 Å². The van der Waals surface area contributed by atoms with Gasteiger partial charge in [-0.05, 0) is 36.1 Å². The number of rotatable bonds is 7. The fourth-order valence-electron chi connectivity index (χ4n) is 3.69. The number of nitrogens with one attached hydrogen (secondary N) is 2. The van der Waals surface area contributed by atoms with E-state index in [0.717, 1.165) is 36.2 Å². The van der Waals surface area contributed by atoms with Crippen molar-refractivity contribution in [3.05, 3.63) is 99.5 Å². The van der Waals surface area contributed by atoms with Crippen molar-refractivity contribution in [3.8, 4) is 0 Å². The van der Waals surface area contributed by atoms with E-state index in [2.05, 4.69) is 15.3 Å². The summed E-state index contributed by atoms with van der Waals surface area (Å²) in [6, 6.07) is 16.7. The van der Waals surface area contributed by atoms with E-state index in [9.17, 15) is 14.0 Å². The summed E-state index contributed by atoms with van der Waals surface area (Å²) in [5, 5.41) is 3.06. The first-order valence-corrected chi connectivity index (χ1v) is 10.3. The smallest absolute Gasteiger partial charge is 0.251 e. The van der Waals surface area contributed by atoms with Crippen LogP contribution in [0.25, 0.3) is 0 Å². The van der Waals surface area contributed by atoms with Crippen LogP contribution in [0, 0.1) is 5.82 Å². The number of hydrogen-bond donors (Lipinski definition) is 2. The Morgan fingerprint density at radius 2 is 1.87 bits per heavy atom. The van der Waals surface area contributed by atoms with Crippen LogP contribution in [-0.2, 0) is 17.6 Å². The van der Waals surface area contributed by atoms with Crippen LogP contribution in [0.1, 0.15) is 53.9 Å². The van der Waals surface area contributed by atoms with Crippen LogP contribution in [0.5, 0.6) is 0 Å². The first-order valence-electron chi connectivity index (χ1n) is 10.3. The van der Waals surface area contributed by atoms with Gasteiger partial charge in [-0.15, -0.1) is 0 Å². The molecule has 2 aromatic carbocycles. The van der Waals surface area contributed by atoms with Crippen molar-refractivity contribution < 1.29 is 9.18 Å². The predicted octanol–water partition coefficient (Wildman–Crippen LogP) is 3.82. The number of carbonyl (C=O) groups is 1. The van der Waals surface area contributed by atoms with Crippen LogP contribution in [0.2, 0.25) is 0 Å². The second-order valence-electron chi connectivity index (χ2n) is 7.79. The summed E-state index contributed by atoms with van der Waals surface area (Å²) in [7, 11) is 0. The van der Waals surface area contributed by atoms with E-state index in [1.807, 2.05) is 30.3 Å². The summed E-state index contributed by atoms with van der Waals surface area (Å²) in [4.78, 5) is 32.4. The molecule has 0 saturated heterocycles. The Bertz CT molecular complexity index is 1060. The van der Waals surface area contributed by atoms with Crippen LogP contribution in [0.15, 0.2) is 65.5 Å². The van der Waals surface area contributed by atoms with Crippen LogP contribution in [0.4, 0.5) is 4.39 Å². The first kappa shape index (κ1) is 20.0. The molecule has 3 aromatic rings. The highest BCUT2D eigenvalue weighted by Crippen LogP contribution is 2.34. The van der Waals surface area contributed by atoms with Crippen molar-refractivity contribution in [1.29, 1.82) is 0 Å². The minimum absolute atomic E-state index is 0.153. The van der Waals surface area contributed by atoms with Gasteiger partial charge in [0.05, 0.1) is 18.2 Å². The van der Waals surface area contributed by atoms with Crippen LogP contribution < -0.4 is 10.9 Å². The normalized spacial score (nSPS) is 14.7. The lowest BCUT2D eigenvalue weighted by molar-refractivity contribution is -0.121. The molecule has 0 spiro atoms. The molecule has 1 unspecified atom stereocenters. The third-order valence-corrected chi connectivity index (χ3v) is 5.53. The zero-order chi connectivity index (χ0) is 20.9. The van der Waals surface area contributed by atoms with Crippen molar-refractivity contribution >= 4 is 5.91 Å². The molecule has 1 amide bonds. The average Bonchev–Trinajstić information content (AvgIpc) is 2.68. The van der Waals surface area contributed by atoms with Gasteiger partial charge >= 0.3 is 0 Å². The van der Waals surface area contributed by atoms with Gasteiger partial charge in [0.15, 0.2) is 0 Å². The van der Waals surface area contributed by atoms with E-state index in [1.165, 1.54) is 18.2 Å². The molecular weight excluding hydrogens is 381 g/mol. The molecule has 0 radical (unpaired) electrons.